The summed E-state index contributed by atoms with van der Waals surface area (Å²) in [6.45, 7) is -0.139. The second-order valence-corrected chi connectivity index (χ2v) is 3.80. The number of esters is 1. The number of methoxy groups -OCH3 is 1. The number of benzene rings is 1. The monoisotopic (exact) mass is 264 g/mol. The maximum Gasteiger partial charge on any atom is 0.420 e. The molecule has 0 aliphatic rings. The molecule has 1 aromatic carbocycles. The van der Waals surface area contributed by atoms with Gasteiger partial charge in [-0.25, -0.2) is 9.59 Å². The SMILES string of the molecule is CNC(=O)Cn1c(=O)oc2cc(C(=O)OC)ccc21. The third-order valence-corrected chi connectivity index (χ3v) is 2.67. The molecule has 0 unspecified atom stereocenters. The van der Waals surface area contributed by atoms with Crippen molar-refractivity contribution in [1.82, 2.24) is 9.88 Å². The van der Waals surface area contributed by atoms with Crippen LogP contribution in [0, 0.1) is 0 Å². The summed E-state index contributed by atoms with van der Waals surface area (Å²) in [5, 5.41) is 2.42. The maximum atomic E-state index is 11.6. The van der Waals surface area contributed by atoms with Crippen LogP contribution in [-0.2, 0) is 16.1 Å². The summed E-state index contributed by atoms with van der Waals surface area (Å²) >= 11 is 0. The van der Waals surface area contributed by atoms with E-state index in [1.165, 1.54) is 36.9 Å². The highest BCUT2D eigenvalue weighted by atomic mass is 16.5. The Morgan fingerprint density at radius 2 is 2.16 bits per heavy atom. The van der Waals surface area contributed by atoms with E-state index in [1.807, 2.05) is 0 Å². The summed E-state index contributed by atoms with van der Waals surface area (Å²) in [6, 6.07) is 4.45. The molecule has 2 rings (SSSR count). The van der Waals surface area contributed by atoms with Gasteiger partial charge in [0, 0.05) is 7.05 Å². The van der Waals surface area contributed by atoms with E-state index < -0.39 is 11.7 Å². The van der Waals surface area contributed by atoms with Crippen LogP contribution in [0.25, 0.3) is 11.1 Å². The van der Waals surface area contributed by atoms with E-state index in [-0.39, 0.29) is 23.6 Å². The fourth-order valence-corrected chi connectivity index (χ4v) is 1.68. The van der Waals surface area contributed by atoms with Gasteiger partial charge in [-0.05, 0) is 18.2 Å². The number of nitrogens with zero attached hydrogens (tertiary/aromatic N) is 1. The molecular weight excluding hydrogens is 252 g/mol. The van der Waals surface area contributed by atoms with Crippen molar-refractivity contribution in [2.75, 3.05) is 14.2 Å². The van der Waals surface area contributed by atoms with Crippen molar-refractivity contribution in [2.45, 2.75) is 6.54 Å². The van der Waals surface area contributed by atoms with Gasteiger partial charge in [-0.2, -0.15) is 0 Å². The molecule has 0 saturated carbocycles. The van der Waals surface area contributed by atoms with Gasteiger partial charge in [-0.15, -0.1) is 0 Å². The summed E-state index contributed by atoms with van der Waals surface area (Å²) in [7, 11) is 2.74. The number of nitrogens with one attached hydrogen (secondary N) is 1. The van der Waals surface area contributed by atoms with E-state index in [9.17, 15) is 14.4 Å². The molecule has 19 heavy (non-hydrogen) atoms. The van der Waals surface area contributed by atoms with Crippen LogP contribution in [0.2, 0.25) is 0 Å². The minimum absolute atomic E-state index is 0.139. The van der Waals surface area contributed by atoms with E-state index in [0.717, 1.165) is 0 Å². The lowest BCUT2D eigenvalue weighted by Crippen LogP contribution is -2.27. The lowest BCUT2D eigenvalue weighted by atomic mass is 10.2. The predicted molar refractivity (Wildman–Crippen MR) is 65.9 cm³/mol. The van der Waals surface area contributed by atoms with E-state index in [4.69, 9.17) is 4.42 Å². The van der Waals surface area contributed by atoms with Crippen molar-refractivity contribution in [3.05, 3.63) is 34.3 Å². The van der Waals surface area contributed by atoms with Gasteiger partial charge in [0.05, 0.1) is 18.2 Å². The molecule has 0 saturated heterocycles. The summed E-state index contributed by atoms with van der Waals surface area (Å²) < 4.78 is 10.8. The number of likely N-dealkylation sites (N-methyl/N-ethyl adjacent to an activating group) is 1. The molecule has 100 valence electrons. The lowest BCUT2D eigenvalue weighted by molar-refractivity contribution is -0.121. The van der Waals surface area contributed by atoms with Crippen LogP contribution in [0.15, 0.2) is 27.4 Å². The van der Waals surface area contributed by atoms with Gasteiger partial charge < -0.3 is 14.5 Å². The number of carbonyl (C=O) groups excluding carboxylic acids is 2. The van der Waals surface area contributed by atoms with Gasteiger partial charge in [0.25, 0.3) is 0 Å². The van der Waals surface area contributed by atoms with Crippen LogP contribution in [0.5, 0.6) is 0 Å². The van der Waals surface area contributed by atoms with Gasteiger partial charge in [0.15, 0.2) is 5.58 Å². The molecule has 1 amide bonds. The standard InChI is InChI=1S/C12H12N2O5/c1-13-10(15)6-14-8-4-3-7(11(16)18-2)5-9(8)19-12(14)17/h3-5H,6H2,1-2H3,(H,13,15). The van der Waals surface area contributed by atoms with Crippen LogP contribution in [-0.4, -0.2) is 30.6 Å². The van der Waals surface area contributed by atoms with Crippen molar-refractivity contribution >= 4 is 23.0 Å². The number of aromatic nitrogens is 1. The van der Waals surface area contributed by atoms with E-state index in [2.05, 4.69) is 10.1 Å². The first-order valence-electron chi connectivity index (χ1n) is 5.49. The third kappa shape index (κ3) is 2.35. The highest BCUT2D eigenvalue weighted by Gasteiger charge is 2.14. The normalized spacial score (nSPS) is 10.4. The van der Waals surface area contributed by atoms with Gasteiger partial charge in [-0.3, -0.25) is 9.36 Å². The van der Waals surface area contributed by atoms with Crippen LogP contribution in [0.1, 0.15) is 10.4 Å². The van der Waals surface area contributed by atoms with Gasteiger partial charge in [0.1, 0.15) is 6.54 Å². The van der Waals surface area contributed by atoms with Crippen molar-refractivity contribution in [3.8, 4) is 0 Å². The number of rotatable bonds is 3. The number of oxazole rings is 1. The number of fused-ring (bicyclic) bond motifs is 1. The van der Waals surface area contributed by atoms with Crippen LogP contribution in [0.4, 0.5) is 0 Å². The quantitative estimate of drug-likeness (QED) is 0.795. The Hall–Kier alpha value is -2.57. The zero-order valence-corrected chi connectivity index (χ0v) is 10.4. The second-order valence-electron chi connectivity index (χ2n) is 3.80. The third-order valence-electron chi connectivity index (χ3n) is 2.67. The molecule has 0 aliphatic carbocycles. The average Bonchev–Trinajstić information content (AvgIpc) is 2.73. The van der Waals surface area contributed by atoms with Gasteiger partial charge in [-0.1, -0.05) is 0 Å². The van der Waals surface area contributed by atoms with E-state index >= 15 is 0 Å². The summed E-state index contributed by atoms with van der Waals surface area (Å²) in [6.07, 6.45) is 0. The fourth-order valence-electron chi connectivity index (χ4n) is 1.68. The Balaban J connectivity index is 2.51. The Bertz CT molecular complexity index is 698. The first-order chi connectivity index (χ1) is 9.06. The molecule has 0 atom stereocenters. The van der Waals surface area contributed by atoms with E-state index in [1.54, 1.807) is 0 Å². The molecule has 1 N–H and O–H groups in total. The molecule has 0 aliphatic heterocycles. The van der Waals surface area contributed by atoms with Crippen LogP contribution in [0.3, 0.4) is 0 Å². The molecule has 7 heteroatoms. The Kier molecular flexibility index (Phi) is 3.37. The zero-order valence-electron chi connectivity index (χ0n) is 10.4. The molecule has 2 aromatic rings. The highest BCUT2D eigenvalue weighted by Crippen LogP contribution is 2.15. The molecule has 0 fully saturated rings. The van der Waals surface area contributed by atoms with Crippen molar-refractivity contribution in [3.63, 3.8) is 0 Å². The molecule has 0 spiro atoms. The van der Waals surface area contributed by atoms with Crippen LogP contribution < -0.4 is 11.1 Å². The van der Waals surface area contributed by atoms with Crippen LogP contribution >= 0.6 is 0 Å². The second kappa shape index (κ2) is 4.97. The van der Waals surface area contributed by atoms with Gasteiger partial charge >= 0.3 is 11.7 Å². The number of hydrogen-bond acceptors (Lipinski definition) is 5. The summed E-state index contributed by atoms with van der Waals surface area (Å²) in [5.74, 6) is -1.49. The molecule has 1 heterocycles. The fraction of sp³-hybridized carbons (Fsp3) is 0.250. The molecule has 1 aromatic heterocycles. The van der Waals surface area contributed by atoms with Crippen molar-refractivity contribution < 1.29 is 18.7 Å². The minimum atomic E-state index is -0.652. The first-order valence-corrected chi connectivity index (χ1v) is 5.49. The predicted octanol–water partition coefficient (Wildman–Crippen LogP) is 0.127. The largest absolute Gasteiger partial charge is 0.465 e. The van der Waals surface area contributed by atoms with Crippen molar-refractivity contribution in [2.24, 2.45) is 0 Å². The molecular formula is C12H12N2O5. The number of amides is 1. The van der Waals surface area contributed by atoms with Crippen molar-refractivity contribution in [1.29, 1.82) is 0 Å². The zero-order chi connectivity index (χ0) is 14.0. The molecule has 0 radical (unpaired) electrons. The molecule has 0 bridgehead atoms. The Morgan fingerprint density at radius 3 is 2.79 bits per heavy atom. The first kappa shape index (κ1) is 12.9. The number of carbonyl (C=O) groups is 2. The van der Waals surface area contributed by atoms with Gasteiger partial charge in [0.2, 0.25) is 5.91 Å². The van der Waals surface area contributed by atoms with E-state index in [0.29, 0.717) is 5.52 Å². The highest BCUT2D eigenvalue weighted by molar-refractivity contribution is 5.93. The summed E-state index contributed by atoms with van der Waals surface area (Å²) in [4.78, 5) is 34.3. The summed E-state index contributed by atoms with van der Waals surface area (Å²) in [5.41, 5.74) is 0.953. The number of ether oxygens (including phenoxy) is 1. The lowest BCUT2D eigenvalue weighted by Gasteiger charge is -2.01. The number of hydrogen-bond donors (Lipinski definition) is 1. The topological polar surface area (TPSA) is 90.5 Å². The Labute approximate surface area is 107 Å². The minimum Gasteiger partial charge on any atom is -0.465 e. The smallest absolute Gasteiger partial charge is 0.420 e. The Morgan fingerprint density at radius 1 is 1.42 bits per heavy atom. The average molecular weight is 264 g/mol. The maximum absolute atomic E-state index is 11.6. The molecule has 7 nitrogen and oxygen atoms in total.